The highest BCUT2D eigenvalue weighted by atomic mass is 16.5. The molecule has 0 atom stereocenters. The van der Waals surface area contributed by atoms with E-state index in [4.69, 9.17) is 9.84 Å². The molecule has 0 bridgehead atoms. The molecule has 0 spiro atoms. The summed E-state index contributed by atoms with van der Waals surface area (Å²) in [5, 5.41) is 8.61. The number of nitrogens with zero attached hydrogens (tertiary/aromatic N) is 1. The highest BCUT2D eigenvalue weighted by molar-refractivity contribution is 5.86. The van der Waals surface area contributed by atoms with Crippen LogP contribution in [0, 0.1) is 0 Å². The van der Waals surface area contributed by atoms with Crippen molar-refractivity contribution in [2.45, 2.75) is 26.4 Å². The van der Waals surface area contributed by atoms with Gasteiger partial charge >= 0.3 is 5.97 Å². The topological polar surface area (TPSA) is 92.3 Å². The number of aromatic carboxylic acids is 1. The van der Waals surface area contributed by atoms with Crippen LogP contribution < -0.4 is 5.56 Å². The third-order valence-corrected chi connectivity index (χ3v) is 1.96. The lowest BCUT2D eigenvalue weighted by atomic mass is 10.3. The molecule has 6 nitrogen and oxygen atoms in total. The molecule has 1 aromatic heterocycles. The van der Waals surface area contributed by atoms with Crippen LogP contribution in [0.3, 0.4) is 0 Å². The molecule has 1 heterocycles. The Morgan fingerprint density at radius 3 is 2.94 bits per heavy atom. The molecule has 88 valence electrons. The van der Waals surface area contributed by atoms with Crippen LogP contribution in [0.4, 0.5) is 0 Å². The van der Waals surface area contributed by atoms with Gasteiger partial charge in [0.15, 0.2) is 0 Å². The molecule has 0 aliphatic rings. The van der Waals surface area contributed by atoms with Crippen LogP contribution in [0.15, 0.2) is 11.0 Å². The van der Waals surface area contributed by atoms with Gasteiger partial charge in [0, 0.05) is 12.8 Å². The molecular weight excluding hydrogens is 212 g/mol. The van der Waals surface area contributed by atoms with E-state index in [2.05, 4.69) is 9.97 Å². The fraction of sp³-hybridized carbons (Fsp3) is 0.500. The van der Waals surface area contributed by atoms with Crippen molar-refractivity contribution in [2.75, 3.05) is 6.61 Å². The van der Waals surface area contributed by atoms with Gasteiger partial charge in [-0.2, -0.15) is 0 Å². The van der Waals surface area contributed by atoms with E-state index >= 15 is 0 Å². The molecular formula is C10H14N2O4. The molecule has 2 N–H and O–H groups in total. The summed E-state index contributed by atoms with van der Waals surface area (Å²) in [7, 11) is 0. The summed E-state index contributed by atoms with van der Waals surface area (Å²) in [6, 6.07) is 0. The quantitative estimate of drug-likeness (QED) is 0.699. The first kappa shape index (κ1) is 12.4. The predicted molar refractivity (Wildman–Crippen MR) is 56.4 cm³/mol. The molecule has 1 rings (SSSR count). The van der Waals surface area contributed by atoms with Gasteiger partial charge in [0.2, 0.25) is 0 Å². The number of hydrogen-bond acceptors (Lipinski definition) is 4. The Balaban J connectivity index is 2.60. The number of carboxylic acids is 1. The number of hydrogen-bond donors (Lipinski definition) is 2. The lowest BCUT2D eigenvalue weighted by Gasteiger charge is -2.02. The molecule has 0 radical (unpaired) electrons. The van der Waals surface area contributed by atoms with Crippen molar-refractivity contribution < 1.29 is 14.6 Å². The van der Waals surface area contributed by atoms with Crippen molar-refractivity contribution in [1.29, 1.82) is 0 Å². The third-order valence-electron chi connectivity index (χ3n) is 1.96. The summed E-state index contributed by atoms with van der Waals surface area (Å²) in [6.45, 7) is 2.83. The van der Waals surface area contributed by atoms with Gasteiger partial charge in [-0.15, -0.1) is 0 Å². The Kier molecular flexibility index (Phi) is 4.65. The summed E-state index contributed by atoms with van der Waals surface area (Å²) in [6.07, 6.45) is 3.01. The summed E-state index contributed by atoms with van der Waals surface area (Å²) in [5.41, 5.74) is -1.02. The number of carbonyl (C=O) groups is 1. The Labute approximate surface area is 92.3 Å². The van der Waals surface area contributed by atoms with Crippen LogP contribution in [0.1, 0.15) is 35.9 Å². The number of nitrogens with one attached hydrogen (secondary N) is 1. The van der Waals surface area contributed by atoms with Gasteiger partial charge in [0.25, 0.3) is 5.56 Å². The summed E-state index contributed by atoms with van der Waals surface area (Å²) >= 11 is 0. The van der Waals surface area contributed by atoms with Crippen molar-refractivity contribution in [1.82, 2.24) is 9.97 Å². The first-order valence-electron chi connectivity index (χ1n) is 5.04. The number of carboxylic acid groups (broad SMARTS) is 1. The highest BCUT2D eigenvalue weighted by Crippen LogP contribution is 1.95. The maximum atomic E-state index is 11.2. The molecule has 0 unspecified atom stereocenters. The number of ether oxygens (including phenoxy) is 1. The van der Waals surface area contributed by atoms with Gasteiger partial charge in [0.1, 0.15) is 18.0 Å². The molecule has 0 aromatic carbocycles. The lowest BCUT2D eigenvalue weighted by Crippen LogP contribution is -2.20. The minimum absolute atomic E-state index is 0.190. The average molecular weight is 226 g/mol. The smallest absolute Gasteiger partial charge is 0.342 e. The second kappa shape index (κ2) is 6.02. The Morgan fingerprint density at radius 2 is 2.38 bits per heavy atom. The van der Waals surface area contributed by atoms with Gasteiger partial charge < -0.3 is 14.8 Å². The third kappa shape index (κ3) is 3.47. The van der Waals surface area contributed by atoms with E-state index in [-0.39, 0.29) is 12.2 Å². The fourth-order valence-corrected chi connectivity index (χ4v) is 1.07. The van der Waals surface area contributed by atoms with Crippen LogP contribution in [-0.4, -0.2) is 27.7 Å². The largest absolute Gasteiger partial charge is 0.477 e. The van der Waals surface area contributed by atoms with Crippen LogP contribution >= 0.6 is 0 Å². The average Bonchev–Trinajstić information content (AvgIpc) is 2.24. The van der Waals surface area contributed by atoms with Crippen molar-refractivity contribution in [3.63, 3.8) is 0 Å². The minimum atomic E-state index is -1.28. The van der Waals surface area contributed by atoms with Crippen LogP contribution in [0.25, 0.3) is 0 Å². The number of H-pyrrole nitrogens is 1. The number of unbranched alkanes of at least 4 members (excludes halogenated alkanes) is 1. The molecule has 0 saturated carbocycles. The molecule has 0 amide bonds. The number of rotatable bonds is 6. The number of aromatic amines is 1. The fourth-order valence-electron chi connectivity index (χ4n) is 1.07. The van der Waals surface area contributed by atoms with Crippen molar-refractivity contribution in [3.8, 4) is 0 Å². The predicted octanol–water partition coefficient (Wildman–Crippen LogP) is 0.785. The maximum absolute atomic E-state index is 11.2. The van der Waals surface area contributed by atoms with Crippen LogP contribution in [0.5, 0.6) is 0 Å². The first-order valence-corrected chi connectivity index (χ1v) is 5.04. The van der Waals surface area contributed by atoms with E-state index in [1.54, 1.807) is 0 Å². The zero-order valence-electron chi connectivity index (χ0n) is 9.02. The van der Waals surface area contributed by atoms with Crippen molar-refractivity contribution in [2.24, 2.45) is 0 Å². The molecule has 0 aliphatic carbocycles. The normalized spacial score (nSPS) is 10.3. The second-order valence-electron chi connectivity index (χ2n) is 3.28. The Bertz CT molecular complexity index is 414. The van der Waals surface area contributed by atoms with Gasteiger partial charge in [-0.1, -0.05) is 13.3 Å². The lowest BCUT2D eigenvalue weighted by molar-refractivity contribution is 0.0693. The monoisotopic (exact) mass is 226 g/mol. The van der Waals surface area contributed by atoms with Crippen LogP contribution in [0.2, 0.25) is 0 Å². The SMILES string of the molecule is CCCCOCc1ncc(C(=O)O)c(=O)[nH]1. The molecule has 6 heteroatoms. The van der Waals surface area contributed by atoms with E-state index in [0.29, 0.717) is 12.4 Å². The van der Waals surface area contributed by atoms with E-state index in [0.717, 1.165) is 19.0 Å². The van der Waals surface area contributed by atoms with Crippen molar-refractivity contribution in [3.05, 3.63) is 27.9 Å². The Hall–Kier alpha value is -1.69. The van der Waals surface area contributed by atoms with Crippen molar-refractivity contribution >= 4 is 5.97 Å². The molecule has 0 fully saturated rings. The number of aromatic nitrogens is 2. The molecule has 1 aromatic rings. The van der Waals surface area contributed by atoms with Gasteiger partial charge in [-0.05, 0) is 6.42 Å². The summed E-state index contributed by atoms with van der Waals surface area (Å²) in [4.78, 5) is 27.9. The summed E-state index contributed by atoms with van der Waals surface area (Å²) in [5.74, 6) is -0.946. The second-order valence-corrected chi connectivity index (χ2v) is 3.28. The maximum Gasteiger partial charge on any atom is 0.342 e. The van der Waals surface area contributed by atoms with Gasteiger partial charge in [-0.3, -0.25) is 4.79 Å². The zero-order chi connectivity index (χ0) is 12.0. The van der Waals surface area contributed by atoms with Gasteiger partial charge in [0.05, 0.1) is 0 Å². The molecule has 16 heavy (non-hydrogen) atoms. The highest BCUT2D eigenvalue weighted by Gasteiger charge is 2.09. The van der Waals surface area contributed by atoms with E-state index in [1.165, 1.54) is 0 Å². The van der Waals surface area contributed by atoms with E-state index in [1.807, 2.05) is 6.92 Å². The zero-order valence-corrected chi connectivity index (χ0v) is 9.02. The van der Waals surface area contributed by atoms with E-state index < -0.39 is 11.5 Å². The van der Waals surface area contributed by atoms with E-state index in [9.17, 15) is 9.59 Å². The molecule has 0 aliphatic heterocycles. The minimum Gasteiger partial charge on any atom is -0.477 e. The van der Waals surface area contributed by atoms with Crippen LogP contribution in [-0.2, 0) is 11.3 Å². The first-order chi connectivity index (χ1) is 7.65. The Morgan fingerprint density at radius 1 is 1.62 bits per heavy atom. The summed E-state index contributed by atoms with van der Waals surface area (Å²) < 4.78 is 5.24. The standard InChI is InChI=1S/C10H14N2O4/c1-2-3-4-16-6-8-11-5-7(10(14)15)9(13)12-8/h5H,2-4,6H2,1H3,(H,14,15)(H,11,12,13). The van der Waals surface area contributed by atoms with Gasteiger partial charge in [-0.25, -0.2) is 9.78 Å². The molecule has 0 saturated heterocycles.